The number of hydrogen-bond donors (Lipinski definition) is 10. The first-order valence-electron chi connectivity index (χ1n) is 24.2. The molecule has 0 radical (unpaired) electrons. The van der Waals surface area contributed by atoms with Crippen molar-refractivity contribution in [3.05, 3.63) is 12.2 Å². The topological polar surface area (TPSA) is 275 Å². The van der Waals surface area contributed by atoms with Crippen LogP contribution in [-0.4, -0.2) is 168 Å². The van der Waals surface area contributed by atoms with Gasteiger partial charge in [-0.3, -0.25) is 4.79 Å². The van der Waals surface area contributed by atoms with E-state index in [2.05, 4.69) is 41.2 Å². The first-order chi connectivity index (χ1) is 30.4. The zero-order chi connectivity index (χ0) is 47.5. The van der Waals surface area contributed by atoms with Crippen molar-refractivity contribution in [2.75, 3.05) is 13.2 Å². The predicted octanol–water partition coefficient (Wildman–Crippen LogP) is 1.02. The van der Waals surface area contributed by atoms with Crippen LogP contribution in [0.2, 0.25) is 0 Å². The Morgan fingerprint density at radius 1 is 0.646 bits per heavy atom. The van der Waals surface area contributed by atoms with Crippen LogP contribution in [0, 0.1) is 56.7 Å². The van der Waals surface area contributed by atoms with E-state index in [1.165, 1.54) is 6.92 Å². The van der Waals surface area contributed by atoms with Gasteiger partial charge in [0.25, 0.3) is 0 Å². The average molecular weight is 927 g/mol. The molecule has 3 saturated heterocycles. The summed E-state index contributed by atoms with van der Waals surface area (Å²) in [6, 6.07) is 0. The van der Waals surface area contributed by atoms with E-state index in [1.807, 2.05) is 6.92 Å². The summed E-state index contributed by atoms with van der Waals surface area (Å²) in [4.78, 5) is 15.0. The molecule has 17 nitrogen and oxygen atoms in total. The lowest BCUT2D eigenvalue weighted by molar-refractivity contribution is -0.361. The van der Waals surface area contributed by atoms with E-state index in [4.69, 9.17) is 28.4 Å². The molecule has 0 aromatic carbocycles. The van der Waals surface area contributed by atoms with E-state index >= 15 is 0 Å². The fourth-order valence-electron chi connectivity index (χ4n) is 15.7. The fourth-order valence-corrected chi connectivity index (χ4v) is 15.7. The van der Waals surface area contributed by atoms with Crippen molar-refractivity contribution in [3.8, 4) is 0 Å². The molecule has 17 heteroatoms. The van der Waals surface area contributed by atoms with Gasteiger partial charge in [0.15, 0.2) is 12.6 Å². The lowest BCUT2D eigenvalue weighted by Crippen LogP contribution is -2.67. The second kappa shape index (κ2) is 17.8. The molecule has 0 bridgehead atoms. The van der Waals surface area contributed by atoms with Gasteiger partial charge in [-0.1, -0.05) is 46.8 Å². The number of esters is 1. The zero-order valence-corrected chi connectivity index (χ0v) is 39.1. The molecule has 8 fully saturated rings. The zero-order valence-electron chi connectivity index (χ0n) is 39.1. The Labute approximate surface area is 382 Å². The molecule has 10 N–H and O–H groups in total. The van der Waals surface area contributed by atoms with Crippen molar-refractivity contribution >= 4 is 5.97 Å². The van der Waals surface area contributed by atoms with E-state index in [0.29, 0.717) is 24.7 Å². The quantitative estimate of drug-likeness (QED) is 0.114. The number of carbonyl (C=O) groups is 1. The number of hydrogen-bond acceptors (Lipinski definition) is 17. The first kappa shape index (κ1) is 50.0. The molecule has 372 valence electrons. The number of fused-ring (bicyclic) bond motifs is 7. The van der Waals surface area contributed by atoms with Crippen molar-refractivity contribution in [3.63, 3.8) is 0 Å². The summed E-state index contributed by atoms with van der Waals surface area (Å²) in [5.41, 5.74) is -0.0485. The summed E-state index contributed by atoms with van der Waals surface area (Å²) < 4.78 is 34.8. The molecule has 8 rings (SSSR count). The van der Waals surface area contributed by atoms with Crippen LogP contribution in [0.1, 0.15) is 113 Å². The molecular weight excluding hydrogens is 849 g/mol. The molecule has 8 aliphatic rings. The minimum absolute atomic E-state index is 0.00379. The van der Waals surface area contributed by atoms with Crippen LogP contribution in [0.25, 0.3) is 0 Å². The van der Waals surface area contributed by atoms with Gasteiger partial charge in [0.2, 0.25) is 6.29 Å². The first-order valence-corrected chi connectivity index (χ1v) is 24.2. The highest BCUT2D eigenvalue weighted by atomic mass is 16.8. The van der Waals surface area contributed by atoms with Crippen LogP contribution in [0.3, 0.4) is 0 Å². The van der Waals surface area contributed by atoms with Gasteiger partial charge in [-0.25, -0.2) is 0 Å². The van der Waals surface area contributed by atoms with Crippen molar-refractivity contribution in [2.45, 2.75) is 211 Å². The number of aliphatic hydroxyl groups is 10. The van der Waals surface area contributed by atoms with Gasteiger partial charge in [-0.2, -0.15) is 0 Å². The van der Waals surface area contributed by atoms with E-state index in [-0.39, 0.29) is 45.5 Å². The van der Waals surface area contributed by atoms with Crippen LogP contribution in [-0.2, 0) is 33.2 Å². The molecule has 0 amide bonds. The van der Waals surface area contributed by atoms with Gasteiger partial charge in [-0.15, -0.1) is 0 Å². The largest absolute Gasteiger partial charge is 0.432 e. The monoisotopic (exact) mass is 927 g/mol. The van der Waals surface area contributed by atoms with E-state index in [0.717, 1.165) is 56.9 Å². The molecule has 0 aromatic heterocycles. The SMILES string of the molecule is C=C(C)[C@H]1CC[C@]2(C(=O)O[C@@H]3O[C@H](CO[C@@H]4O[C@H](CO)[C@@H](O[C@H]5O[C@@H](C)[C@H](O)[C@@H](O)[C@@H]5O)[C@H](O)[C@H]4O)[C@@H](O)[C@H](O)[C@H]3O)CC[C@@]3(C)[C@@H](CC[C@H]4[C@]5(C)CC[C@H](O)C(C)(C)[C@@H]5CC[C@]43C)[C@H]12. The molecule has 0 aromatic rings. The molecule has 3 aliphatic heterocycles. The Hall–Kier alpha value is -1.39. The second-order valence-electron chi connectivity index (χ2n) is 23.0. The van der Waals surface area contributed by atoms with Crippen LogP contribution in [0.15, 0.2) is 12.2 Å². The van der Waals surface area contributed by atoms with Crippen molar-refractivity contribution in [1.29, 1.82) is 0 Å². The predicted molar refractivity (Wildman–Crippen MR) is 229 cm³/mol. The van der Waals surface area contributed by atoms with Gasteiger partial charge in [-0.05, 0) is 129 Å². The number of ether oxygens (including phenoxy) is 6. The van der Waals surface area contributed by atoms with Crippen LogP contribution >= 0.6 is 0 Å². The smallest absolute Gasteiger partial charge is 0.314 e. The molecule has 0 unspecified atom stereocenters. The maximum absolute atomic E-state index is 15.0. The van der Waals surface area contributed by atoms with E-state index < -0.39 is 117 Å². The highest BCUT2D eigenvalue weighted by molar-refractivity contribution is 5.78. The average Bonchev–Trinajstić information content (AvgIpc) is 3.67. The molecular formula is C48H78O17. The summed E-state index contributed by atoms with van der Waals surface area (Å²) in [6.07, 6.45) is -15.7. The Balaban J connectivity index is 0.962. The van der Waals surface area contributed by atoms with Gasteiger partial charge < -0.3 is 79.5 Å². The van der Waals surface area contributed by atoms with Crippen molar-refractivity contribution in [1.82, 2.24) is 0 Å². The highest BCUT2D eigenvalue weighted by Gasteiger charge is 2.72. The summed E-state index contributed by atoms with van der Waals surface area (Å²) in [6.45, 7) is 18.5. The standard InChI is InChI=1S/C48H78O17/c1-21(2)23-11-16-48(18-17-46(7)24(30(23)48)9-10-28-45(6)14-13-29(50)44(4,5)27(45)12-15-47(28,46)8)43(59)65-42-37(57)34(54)32(52)26(63-42)20-60-40-38(58)35(55)39(25(19-49)62-40)64-41-36(56)33(53)31(51)22(3)61-41/h22-42,49-58H,1,9-20H2,2-8H3/t22-,23+,24-,25+,26+,27-,28-,29-,30-,31-,32+,33+,34-,35+,36-,37+,38+,39+,40+,41+,42-,45+,46-,47+,48-/m0/s1. The van der Waals surface area contributed by atoms with Crippen molar-refractivity contribution in [2.24, 2.45) is 56.7 Å². The van der Waals surface area contributed by atoms with E-state index in [1.54, 1.807) is 0 Å². The Morgan fingerprint density at radius 2 is 1.29 bits per heavy atom. The van der Waals surface area contributed by atoms with Gasteiger partial charge in [0.1, 0.15) is 67.1 Å². The summed E-state index contributed by atoms with van der Waals surface area (Å²) >= 11 is 0. The minimum atomic E-state index is -1.84. The normalized spacial score (nSPS) is 55.2. The van der Waals surface area contributed by atoms with Crippen LogP contribution < -0.4 is 0 Å². The maximum atomic E-state index is 15.0. The summed E-state index contributed by atoms with van der Waals surface area (Å²) in [5, 5.41) is 108. The minimum Gasteiger partial charge on any atom is -0.432 e. The molecule has 3 heterocycles. The molecule has 5 aliphatic carbocycles. The van der Waals surface area contributed by atoms with Crippen molar-refractivity contribution < 1.29 is 84.3 Å². The lowest BCUT2D eigenvalue weighted by Gasteiger charge is -2.72. The summed E-state index contributed by atoms with van der Waals surface area (Å²) in [5.74, 6) is 0.544. The maximum Gasteiger partial charge on any atom is 0.314 e. The second-order valence-corrected chi connectivity index (χ2v) is 23.0. The van der Waals surface area contributed by atoms with E-state index in [9.17, 15) is 55.9 Å². The third-order valence-corrected chi connectivity index (χ3v) is 19.7. The number of carbonyl (C=O) groups excluding carboxylic acids is 1. The molecule has 25 atom stereocenters. The molecule has 5 saturated carbocycles. The van der Waals surface area contributed by atoms with Gasteiger partial charge in [0, 0.05) is 0 Å². The number of allylic oxidation sites excluding steroid dienone is 1. The fraction of sp³-hybridized carbons (Fsp3) is 0.938. The van der Waals surface area contributed by atoms with Crippen LogP contribution in [0.4, 0.5) is 0 Å². The van der Waals surface area contributed by atoms with Gasteiger partial charge >= 0.3 is 5.97 Å². The lowest BCUT2D eigenvalue weighted by atomic mass is 9.32. The van der Waals surface area contributed by atoms with Gasteiger partial charge in [0.05, 0.1) is 30.8 Å². The van der Waals surface area contributed by atoms with Crippen LogP contribution in [0.5, 0.6) is 0 Å². The third-order valence-electron chi connectivity index (χ3n) is 19.7. The highest BCUT2D eigenvalue weighted by Crippen LogP contribution is 2.77. The summed E-state index contributed by atoms with van der Waals surface area (Å²) in [7, 11) is 0. The molecule has 0 spiro atoms. The third kappa shape index (κ3) is 7.72. The Morgan fingerprint density at radius 3 is 1.97 bits per heavy atom. The Kier molecular flexibility index (Phi) is 13.7. The Bertz CT molecular complexity index is 1750. The number of aliphatic hydroxyl groups excluding tert-OH is 10. The molecule has 65 heavy (non-hydrogen) atoms. The number of rotatable bonds is 9.